The summed E-state index contributed by atoms with van der Waals surface area (Å²) in [5, 5.41) is 23.3. The lowest BCUT2D eigenvalue weighted by atomic mass is 9.95. The van der Waals surface area contributed by atoms with Crippen LogP contribution >= 0.6 is 0 Å². The molecule has 2 aromatic carbocycles. The first kappa shape index (κ1) is 25.4. The monoisotopic (exact) mass is 543 g/mol. The Bertz CT molecular complexity index is 1600. The maximum atomic E-state index is 16.5. The van der Waals surface area contributed by atoms with E-state index in [1.165, 1.54) is 6.07 Å². The van der Waals surface area contributed by atoms with Crippen molar-refractivity contribution in [3.8, 4) is 23.0 Å². The van der Waals surface area contributed by atoms with Crippen molar-refractivity contribution >= 4 is 27.5 Å². The van der Waals surface area contributed by atoms with Gasteiger partial charge in [0.05, 0.1) is 16.5 Å². The van der Waals surface area contributed by atoms with Gasteiger partial charge >= 0.3 is 6.01 Å². The van der Waals surface area contributed by atoms with Gasteiger partial charge in [-0.2, -0.15) is 9.97 Å². The van der Waals surface area contributed by atoms with E-state index in [1.807, 2.05) is 36.1 Å². The van der Waals surface area contributed by atoms with Crippen LogP contribution in [0.1, 0.15) is 45.4 Å². The van der Waals surface area contributed by atoms with E-state index in [2.05, 4.69) is 14.9 Å². The van der Waals surface area contributed by atoms with Gasteiger partial charge in [-0.3, -0.25) is 9.88 Å². The number of benzene rings is 2. The van der Waals surface area contributed by atoms with Crippen LogP contribution in [0.4, 0.5) is 10.2 Å². The molecule has 1 atom stereocenters. The fourth-order valence-corrected chi connectivity index (χ4v) is 7.07. The molecule has 3 fully saturated rings. The Balaban J connectivity index is 1.36. The molecule has 7 rings (SSSR count). The number of hydrogen-bond donors (Lipinski definition) is 2. The predicted molar refractivity (Wildman–Crippen MR) is 152 cm³/mol. The number of ether oxygens (including phenoxy) is 1. The standard InChI is InChI=1S/C31H34FN5O3/c1-30(39)9-4-12-36(18-30)28-24-17-33-26(23-16-21(38)15-20-7-2-3-8-22(20)23)25(32)27(24)34-29(35-28)40-19-31-10-5-13-37(31)14-6-11-31/h2-3,7-8,15-17,38-39H,4-6,9-14,18-19H2,1H3. The molecule has 9 heteroatoms. The van der Waals surface area contributed by atoms with Crippen molar-refractivity contribution in [2.24, 2.45) is 0 Å². The normalized spacial score (nSPS) is 22.7. The lowest BCUT2D eigenvalue weighted by Crippen LogP contribution is -2.46. The molecule has 8 nitrogen and oxygen atoms in total. The average Bonchev–Trinajstić information content (AvgIpc) is 3.52. The van der Waals surface area contributed by atoms with Gasteiger partial charge in [0.2, 0.25) is 0 Å². The zero-order valence-corrected chi connectivity index (χ0v) is 22.7. The minimum atomic E-state index is -0.879. The molecule has 40 heavy (non-hydrogen) atoms. The Labute approximate surface area is 232 Å². The minimum absolute atomic E-state index is 0.00426. The molecule has 4 aromatic rings. The van der Waals surface area contributed by atoms with E-state index in [1.54, 1.807) is 12.3 Å². The molecule has 2 N–H and O–H groups in total. The number of anilines is 1. The molecule has 0 bridgehead atoms. The molecule has 0 radical (unpaired) electrons. The van der Waals surface area contributed by atoms with Crippen LogP contribution in [-0.2, 0) is 0 Å². The van der Waals surface area contributed by atoms with E-state index in [0.29, 0.717) is 42.9 Å². The van der Waals surface area contributed by atoms with Crippen LogP contribution in [-0.4, -0.2) is 74.0 Å². The highest BCUT2D eigenvalue weighted by molar-refractivity contribution is 5.99. The molecule has 3 saturated heterocycles. The van der Waals surface area contributed by atoms with E-state index >= 15 is 4.39 Å². The second-order valence-electron chi connectivity index (χ2n) is 12.0. The Morgan fingerprint density at radius 3 is 2.58 bits per heavy atom. The van der Waals surface area contributed by atoms with Crippen LogP contribution < -0.4 is 9.64 Å². The smallest absolute Gasteiger partial charge is 0.319 e. The van der Waals surface area contributed by atoms with E-state index in [0.717, 1.165) is 56.0 Å². The molecule has 0 spiro atoms. The summed E-state index contributed by atoms with van der Waals surface area (Å²) in [5.41, 5.74) is -0.164. The third-order valence-corrected chi connectivity index (χ3v) is 9.00. The molecule has 0 aliphatic carbocycles. The highest BCUT2D eigenvalue weighted by atomic mass is 19.1. The Morgan fingerprint density at radius 2 is 1.77 bits per heavy atom. The molecule has 3 aliphatic rings. The van der Waals surface area contributed by atoms with Crippen LogP contribution in [0.15, 0.2) is 42.6 Å². The molecule has 0 saturated carbocycles. The fourth-order valence-electron chi connectivity index (χ4n) is 7.07. The maximum Gasteiger partial charge on any atom is 0.319 e. The summed E-state index contributed by atoms with van der Waals surface area (Å²) >= 11 is 0. The second kappa shape index (κ2) is 9.52. The van der Waals surface area contributed by atoms with Crippen LogP contribution in [0.2, 0.25) is 0 Å². The van der Waals surface area contributed by atoms with Crippen LogP contribution in [0, 0.1) is 5.82 Å². The van der Waals surface area contributed by atoms with Crippen LogP contribution in [0.5, 0.6) is 11.8 Å². The predicted octanol–water partition coefficient (Wildman–Crippen LogP) is 5.05. The zero-order chi connectivity index (χ0) is 27.5. The largest absolute Gasteiger partial charge is 0.508 e. The summed E-state index contributed by atoms with van der Waals surface area (Å²) in [5.74, 6) is -0.0344. The number of phenolic OH excluding ortho intramolecular Hbond substituents is 1. The maximum absolute atomic E-state index is 16.5. The molecule has 0 amide bonds. The number of aromatic nitrogens is 3. The van der Waals surface area contributed by atoms with Crippen molar-refractivity contribution in [1.29, 1.82) is 0 Å². The van der Waals surface area contributed by atoms with E-state index in [-0.39, 0.29) is 28.5 Å². The number of aliphatic hydroxyl groups is 1. The van der Waals surface area contributed by atoms with Crippen molar-refractivity contribution in [3.05, 3.63) is 48.4 Å². The van der Waals surface area contributed by atoms with Crippen LogP contribution in [0.3, 0.4) is 0 Å². The average molecular weight is 544 g/mol. The first-order chi connectivity index (χ1) is 19.3. The Kier molecular flexibility index (Phi) is 6.05. The highest BCUT2D eigenvalue weighted by Crippen LogP contribution is 2.40. The van der Waals surface area contributed by atoms with Crippen molar-refractivity contribution in [2.45, 2.75) is 56.6 Å². The van der Waals surface area contributed by atoms with Gasteiger partial charge < -0.3 is 19.8 Å². The van der Waals surface area contributed by atoms with Crippen LogP contribution in [0.25, 0.3) is 32.9 Å². The van der Waals surface area contributed by atoms with Crippen molar-refractivity contribution < 1.29 is 19.3 Å². The van der Waals surface area contributed by atoms with Gasteiger partial charge in [0.1, 0.15) is 29.4 Å². The first-order valence-electron chi connectivity index (χ1n) is 14.3. The summed E-state index contributed by atoms with van der Waals surface area (Å²) in [6.45, 7) is 5.50. The number of rotatable bonds is 5. The summed E-state index contributed by atoms with van der Waals surface area (Å²) in [7, 11) is 0. The molecule has 2 aromatic heterocycles. The van der Waals surface area contributed by atoms with Gasteiger partial charge in [0.25, 0.3) is 0 Å². The number of hydrogen-bond acceptors (Lipinski definition) is 8. The zero-order valence-electron chi connectivity index (χ0n) is 22.7. The Hall–Kier alpha value is -3.56. The van der Waals surface area contributed by atoms with Crippen molar-refractivity contribution in [3.63, 3.8) is 0 Å². The quantitative estimate of drug-likeness (QED) is 0.361. The lowest BCUT2D eigenvalue weighted by molar-refractivity contribution is 0.0447. The first-order valence-corrected chi connectivity index (χ1v) is 14.3. The minimum Gasteiger partial charge on any atom is -0.508 e. The number of halogens is 1. The highest BCUT2D eigenvalue weighted by Gasteiger charge is 2.45. The van der Waals surface area contributed by atoms with E-state index in [9.17, 15) is 10.2 Å². The number of nitrogens with zero attached hydrogens (tertiary/aromatic N) is 5. The van der Waals surface area contributed by atoms with Gasteiger partial charge in [-0.25, -0.2) is 4.39 Å². The third kappa shape index (κ3) is 4.32. The second-order valence-corrected chi connectivity index (χ2v) is 12.0. The van der Waals surface area contributed by atoms with E-state index < -0.39 is 11.4 Å². The van der Waals surface area contributed by atoms with Gasteiger partial charge in [0.15, 0.2) is 5.82 Å². The topological polar surface area (TPSA) is 94.8 Å². The summed E-state index contributed by atoms with van der Waals surface area (Å²) in [6.07, 6.45) is 7.54. The Morgan fingerprint density at radius 1 is 1.00 bits per heavy atom. The number of pyridine rings is 1. The summed E-state index contributed by atoms with van der Waals surface area (Å²) in [6, 6.07) is 10.8. The van der Waals surface area contributed by atoms with E-state index in [4.69, 9.17) is 9.72 Å². The number of β-amino-alcohol motifs (C(OH)–C–C–N with tert-alkyl or cyclic N) is 1. The molecular weight excluding hydrogens is 509 g/mol. The molecule has 3 aliphatic heterocycles. The lowest BCUT2D eigenvalue weighted by Gasteiger charge is -2.38. The van der Waals surface area contributed by atoms with Gasteiger partial charge in [-0.15, -0.1) is 0 Å². The molecular formula is C31H34FN5O3. The fraction of sp³-hybridized carbons (Fsp3) is 0.452. The van der Waals surface area contributed by atoms with Gasteiger partial charge in [-0.1, -0.05) is 24.3 Å². The molecule has 208 valence electrons. The number of aromatic hydroxyl groups is 1. The third-order valence-electron chi connectivity index (χ3n) is 9.00. The molecule has 5 heterocycles. The van der Waals surface area contributed by atoms with Gasteiger partial charge in [-0.05, 0) is 81.4 Å². The van der Waals surface area contributed by atoms with Crippen molar-refractivity contribution in [1.82, 2.24) is 19.9 Å². The number of fused-ring (bicyclic) bond motifs is 3. The number of piperidine rings is 1. The number of phenols is 1. The van der Waals surface area contributed by atoms with Gasteiger partial charge in [0, 0.05) is 24.8 Å². The summed E-state index contributed by atoms with van der Waals surface area (Å²) < 4.78 is 22.8. The molecule has 1 unspecified atom stereocenters. The van der Waals surface area contributed by atoms with Crippen molar-refractivity contribution in [2.75, 3.05) is 37.7 Å². The summed E-state index contributed by atoms with van der Waals surface area (Å²) in [4.78, 5) is 18.4. The SMILES string of the molecule is CC1(O)CCCN(c2nc(OCC34CCCN3CCC4)nc3c(F)c(-c4cc(O)cc5ccccc45)ncc23)C1.